The van der Waals surface area contributed by atoms with Gasteiger partial charge in [0.2, 0.25) is 0 Å². The number of rotatable bonds is 4. The first-order valence-corrected chi connectivity index (χ1v) is 7.16. The molecule has 0 aliphatic rings. The lowest BCUT2D eigenvalue weighted by Crippen LogP contribution is -2.39. The second-order valence-electron chi connectivity index (χ2n) is 4.18. The SMILES string of the molecule is O=C(c1cc2ccccc2s1)N(CCCl)CC(F)(F)F. The van der Waals surface area contributed by atoms with Crippen LogP contribution in [0.4, 0.5) is 13.2 Å². The lowest BCUT2D eigenvalue weighted by atomic mass is 10.2. The maximum atomic E-state index is 12.5. The summed E-state index contributed by atoms with van der Waals surface area (Å²) < 4.78 is 38.3. The van der Waals surface area contributed by atoms with Crippen LogP contribution in [0, 0.1) is 0 Å². The number of fused-ring (bicyclic) bond motifs is 1. The summed E-state index contributed by atoms with van der Waals surface area (Å²) in [6.45, 7) is -1.42. The highest BCUT2D eigenvalue weighted by molar-refractivity contribution is 7.20. The summed E-state index contributed by atoms with van der Waals surface area (Å²) in [5.41, 5.74) is 0. The monoisotopic (exact) mass is 321 g/mol. The maximum absolute atomic E-state index is 12.5. The van der Waals surface area contributed by atoms with Gasteiger partial charge in [-0.2, -0.15) is 13.2 Å². The number of halogens is 4. The van der Waals surface area contributed by atoms with E-state index < -0.39 is 18.6 Å². The van der Waals surface area contributed by atoms with E-state index in [9.17, 15) is 18.0 Å². The Hall–Kier alpha value is -1.27. The Morgan fingerprint density at radius 1 is 1.30 bits per heavy atom. The van der Waals surface area contributed by atoms with Crippen LogP contribution in [0.1, 0.15) is 9.67 Å². The van der Waals surface area contributed by atoms with E-state index in [4.69, 9.17) is 11.6 Å². The van der Waals surface area contributed by atoms with Crippen molar-refractivity contribution in [3.63, 3.8) is 0 Å². The number of carbonyl (C=O) groups is 1. The van der Waals surface area contributed by atoms with E-state index in [0.29, 0.717) is 4.88 Å². The molecule has 0 saturated heterocycles. The molecule has 2 aromatic rings. The summed E-state index contributed by atoms with van der Waals surface area (Å²) in [6, 6.07) is 8.89. The normalized spacial score (nSPS) is 11.8. The van der Waals surface area contributed by atoms with E-state index in [1.807, 2.05) is 24.3 Å². The van der Waals surface area contributed by atoms with E-state index in [1.54, 1.807) is 6.07 Å². The standard InChI is InChI=1S/C13H11ClF3NOS/c14-5-6-18(8-13(15,16)17)12(19)11-7-9-3-1-2-4-10(9)20-11/h1-4,7H,5-6,8H2. The van der Waals surface area contributed by atoms with Gasteiger partial charge >= 0.3 is 6.18 Å². The van der Waals surface area contributed by atoms with Crippen LogP contribution < -0.4 is 0 Å². The van der Waals surface area contributed by atoms with Gasteiger partial charge in [0.25, 0.3) is 5.91 Å². The minimum Gasteiger partial charge on any atom is -0.328 e. The van der Waals surface area contributed by atoms with Crippen LogP contribution in [0.5, 0.6) is 0 Å². The van der Waals surface area contributed by atoms with Crippen molar-refractivity contribution in [3.8, 4) is 0 Å². The molecule has 0 radical (unpaired) electrons. The van der Waals surface area contributed by atoms with Crippen LogP contribution >= 0.6 is 22.9 Å². The zero-order valence-electron chi connectivity index (χ0n) is 10.3. The third-order valence-electron chi connectivity index (χ3n) is 2.65. The fourth-order valence-corrected chi connectivity index (χ4v) is 3.05. The molecule has 1 aromatic heterocycles. The molecule has 0 aliphatic heterocycles. The fourth-order valence-electron chi connectivity index (χ4n) is 1.81. The smallest absolute Gasteiger partial charge is 0.328 e. The number of alkyl halides is 4. The van der Waals surface area contributed by atoms with Gasteiger partial charge in [-0.05, 0) is 17.5 Å². The fraction of sp³-hybridized carbons (Fsp3) is 0.308. The number of nitrogens with zero attached hydrogens (tertiary/aromatic N) is 1. The van der Waals surface area contributed by atoms with E-state index >= 15 is 0 Å². The molecule has 1 heterocycles. The summed E-state index contributed by atoms with van der Waals surface area (Å²) in [6.07, 6.45) is -4.43. The topological polar surface area (TPSA) is 20.3 Å². The number of carbonyl (C=O) groups excluding carboxylic acids is 1. The zero-order chi connectivity index (χ0) is 14.8. The van der Waals surface area contributed by atoms with Crippen molar-refractivity contribution in [1.29, 1.82) is 0 Å². The predicted octanol–water partition coefficient (Wildman–Crippen LogP) is 4.14. The van der Waals surface area contributed by atoms with Crippen molar-refractivity contribution >= 4 is 38.9 Å². The van der Waals surface area contributed by atoms with Crippen LogP contribution in [-0.4, -0.2) is 36.0 Å². The third kappa shape index (κ3) is 3.64. The lowest BCUT2D eigenvalue weighted by molar-refractivity contribution is -0.140. The van der Waals surface area contributed by atoms with Crippen molar-refractivity contribution in [1.82, 2.24) is 4.90 Å². The van der Waals surface area contributed by atoms with Gasteiger partial charge in [-0.25, -0.2) is 0 Å². The summed E-state index contributed by atoms with van der Waals surface area (Å²) in [7, 11) is 0. The van der Waals surface area contributed by atoms with Crippen molar-refractivity contribution < 1.29 is 18.0 Å². The van der Waals surface area contributed by atoms with E-state index in [1.165, 1.54) is 11.3 Å². The molecule has 7 heteroatoms. The molecule has 2 rings (SSSR count). The molecular formula is C13H11ClF3NOS. The Balaban J connectivity index is 2.26. The number of benzene rings is 1. The molecule has 0 saturated carbocycles. The van der Waals surface area contributed by atoms with Gasteiger partial charge in [0.15, 0.2) is 0 Å². The van der Waals surface area contributed by atoms with E-state index in [2.05, 4.69) is 0 Å². The molecule has 0 aliphatic carbocycles. The summed E-state index contributed by atoms with van der Waals surface area (Å²) >= 11 is 6.66. The molecule has 0 unspecified atom stereocenters. The molecule has 0 spiro atoms. The van der Waals surface area contributed by atoms with Gasteiger partial charge in [-0.3, -0.25) is 4.79 Å². The second kappa shape index (κ2) is 6.01. The Morgan fingerprint density at radius 3 is 2.60 bits per heavy atom. The molecule has 1 aromatic carbocycles. The van der Waals surface area contributed by atoms with Gasteiger partial charge in [-0.1, -0.05) is 18.2 Å². The van der Waals surface area contributed by atoms with Gasteiger partial charge in [-0.15, -0.1) is 22.9 Å². The molecule has 1 amide bonds. The quantitative estimate of drug-likeness (QED) is 0.775. The Kier molecular flexibility index (Phi) is 4.55. The molecule has 2 nitrogen and oxygen atoms in total. The first kappa shape index (κ1) is 15.1. The molecule has 108 valence electrons. The van der Waals surface area contributed by atoms with Gasteiger partial charge in [0.1, 0.15) is 6.54 Å². The largest absolute Gasteiger partial charge is 0.406 e. The summed E-state index contributed by atoms with van der Waals surface area (Å²) in [4.78, 5) is 13.2. The zero-order valence-corrected chi connectivity index (χ0v) is 11.9. The Bertz CT molecular complexity index is 578. The number of thiophene rings is 1. The third-order valence-corrected chi connectivity index (χ3v) is 3.92. The average Bonchev–Trinajstić information content (AvgIpc) is 2.79. The molecule has 0 fully saturated rings. The first-order valence-electron chi connectivity index (χ1n) is 5.81. The molecular weight excluding hydrogens is 311 g/mol. The highest BCUT2D eigenvalue weighted by atomic mass is 35.5. The summed E-state index contributed by atoms with van der Waals surface area (Å²) in [5.74, 6) is -0.670. The van der Waals surface area contributed by atoms with Crippen molar-refractivity contribution in [2.45, 2.75) is 6.18 Å². The Labute approximate surface area is 122 Å². The van der Waals surface area contributed by atoms with Gasteiger partial charge < -0.3 is 4.90 Å². The lowest BCUT2D eigenvalue weighted by Gasteiger charge is -2.22. The van der Waals surface area contributed by atoms with Crippen LogP contribution in [0.2, 0.25) is 0 Å². The van der Waals surface area contributed by atoms with Crippen molar-refractivity contribution in [2.75, 3.05) is 19.0 Å². The predicted molar refractivity (Wildman–Crippen MR) is 74.5 cm³/mol. The molecule has 0 atom stereocenters. The average molecular weight is 322 g/mol. The molecule has 0 bridgehead atoms. The van der Waals surface area contributed by atoms with Crippen molar-refractivity contribution in [2.24, 2.45) is 0 Å². The highest BCUT2D eigenvalue weighted by Gasteiger charge is 2.33. The van der Waals surface area contributed by atoms with E-state index in [0.717, 1.165) is 15.0 Å². The highest BCUT2D eigenvalue weighted by Crippen LogP contribution is 2.27. The minimum atomic E-state index is -4.43. The molecule has 0 N–H and O–H groups in total. The Morgan fingerprint density at radius 2 is 2.00 bits per heavy atom. The van der Waals surface area contributed by atoms with Crippen LogP contribution in [0.25, 0.3) is 10.1 Å². The van der Waals surface area contributed by atoms with Crippen molar-refractivity contribution in [3.05, 3.63) is 35.2 Å². The van der Waals surface area contributed by atoms with Gasteiger partial charge in [0, 0.05) is 17.1 Å². The van der Waals surface area contributed by atoms with Crippen LogP contribution in [0.3, 0.4) is 0 Å². The van der Waals surface area contributed by atoms with Gasteiger partial charge in [0.05, 0.1) is 4.88 Å². The number of hydrogen-bond acceptors (Lipinski definition) is 2. The second-order valence-corrected chi connectivity index (χ2v) is 5.64. The van der Waals surface area contributed by atoms with E-state index in [-0.39, 0.29) is 12.4 Å². The number of amides is 1. The van der Waals surface area contributed by atoms with Crippen LogP contribution in [0.15, 0.2) is 30.3 Å². The minimum absolute atomic E-state index is 0.0350. The molecule has 20 heavy (non-hydrogen) atoms. The number of hydrogen-bond donors (Lipinski definition) is 0. The first-order chi connectivity index (χ1) is 9.40. The summed E-state index contributed by atoms with van der Waals surface area (Å²) in [5, 5.41) is 0.846. The van der Waals surface area contributed by atoms with Crippen LogP contribution in [-0.2, 0) is 0 Å². The maximum Gasteiger partial charge on any atom is 0.406 e.